The molecule has 2 heterocycles. The molecular weight excluding hydrogens is 310 g/mol. The van der Waals surface area contributed by atoms with Gasteiger partial charge in [-0.3, -0.25) is 4.98 Å². The molecule has 1 N–H and O–H groups in total. The molecule has 25 heavy (non-hydrogen) atoms. The number of nitrogens with zero attached hydrogens (tertiary/aromatic N) is 4. The van der Waals surface area contributed by atoms with Gasteiger partial charge < -0.3 is 10.2 Å². The molecule has 0 bridgehead atoms. The highest BCUT2D eigenvalue weighted by atomic mass is 15.2. The maximum atomic E-state index is 4.63. The number of hydrogen-bond donors (Lipinski definition) is 1. The fourth-order valence-corrected chi connectivity index (χ4v) is 2.75. The molecule has 128 valence electrons. The molecule has 3 rings (SSSR count). The van der Waals surface area contributed by atoms with Crippen LogP contribution in [0.4, 0.5) is 17.3 Å². The molecule has 5 heteroatoms. The molecule has 1 aromatic carbocycles. The summed E-state index contributed by atoms with van der Waals surface area (Å²) < 4.78 is 0. The second-order valence-corrected chi connectivity index (χ2v) is 5.96. The second-order valence-electron chi connectivity index (χ2n) is 5.96. The Labute approximate surface area is 148 Å². The van der Waals surface area contributed by atoms with Crippen molar-refractivity contribution in [3.05, 3.63) is 71.8 Å². The molecule has 0 fully saturated rings. The van der Waals surface area contributed by atoms with Gasteiger partial charge in [0, 0.05) is 37.2 Å². The standard InChI is InChI=1S/C20H23N5/c1-4-25(18-9-5-7-15(2)11-18)20-12-19(23-16(3)24-20)22-14-17-8-6-10-21-13-17/h5-13H,4,14H2,1-3H3,(H,22,23,24). The number of nitrogens with one attached hydrogen (secondary N) is 1. The monoisotopic (exact) mass is 333 g/mol. The van der Waals surface area contributed by atoms with Gasteiger partial charge in [0.1, 0.15) is 17.5 Å². The Morgan fingerprint density at radius 2 is 1.92 bits per heavy atom. The second kappa shape index (κ2) is 7.75. The van der Waals surface area contributed by atoms with Gasteiger partial charge in [-0.05, 0) is 50.1 Å². The van der Waals surface area contributed by atoms with Crippen LogP contribution in [0.3, 0.4) is 0 Å². The van der Waals surface area contributed by atoms with E-state index >= 15 is 0 Å². The van der Waals surface area contributed by atoms with Crippen molar-refractivity contribution in [2.75, 3.05) is 16.8 Å². The third-order valence-electron chi connectivity index (χ3n) is 3.93. The van der Waals surface area contributed by atoms with E-state index in [-0.39, 0.29) is 0 Å². The van der Waals surface area contributed by atoms with Gasteiger partial charge in [-0.2, -0.15) is 0 Å². The zero-order valence-corrected chi connectivity index (χ0v) is 14.9. The van der Waals surface area contributed by atoms with Crippen LogP contribution >= 0.6 is 0 Å². The molecule has 0 atom stereocenters. The highest BCUT2D eigenvalue weighted by Gasteiger charge is 2.11. The zero-order valence-electron chi connectivity index (χ0n) is 14.9. The summed E-state index contributed by atoms with van der Waals surface area (Å²) in [4.78, 5) is 15.5. The molecule has 0 aliphatic carbocycles. The van der Waals surface area contributed by atoms with Crippen LogP contribution in [0.1, 0.15) is 23.9 Å². The van der Waals surface area contributed by atoms with Crippen LogP contribution in [0.15, 0.2) is 54.9 Å². The fraction of sp³-hybridized carbons (Fsp3) is 0.250. The lowest BCUT2D eigenvalue weighted by Gasteiger charge is -2.23. The zero-order chi connectivity index (χ0) is 17.6. The fourth-order valence-electron chi connectivity index (χ4n) is 2.75. The first-order valence-electron chi connectivity index (χ1n) is 8.48. The van der Waals surface area contributed by atoms with Gasteiger partial charge in [-0.25, -0.2) is 9.97 Å². The summed E-state index contributed by atoms with van der Waals surface area (Å²) >= 11 is 0. The highest BCUT2D eigenvalue weighted by Crippen LogP contribution is 2.26. The number of benzene rings is 1. The molecule has 0 aliphatic rings. The first-order chi connectivity index (χ1) is 12.2. The van der Waals surface area contributed by atoms with E-state index in [0.717, 1.165) is 35.3 Å². The normalized spacial score (nSPS) is 10.5. The van der Waals surface area contributed by atoms with Crippen LogP contribution in [0.5, 0.6) is 0 Å². The number of aryl methyl sites for hydroxylation is 2. The van der Waals surface area contributed by atoms with Crippen molar-refractivity contribution < 1.29 is 0 Å². The Morgan fingerprint density at radius 1 is 1.04 bits per heavy atom. The Balaban J connectivity index is 1.84. The third kappa shape index (κ3) is 4.32. The van der Waals surface area contributed by atoms with Gasteiger partial charge in [0.2, 0.25) is 0 Å². The Hall–Kier alpha value is -2.95. The lowest BCUT2D eigenvalue weighted by atomic mass is 10.2. The highest BCUT2D eigenvalue weighted by molar-refractivity contribution is 5.63. The van der Waals surface area contributed by atoms with E-state index in [4.69, 9.17) is 0 Å². The molecular formula is C20H23N5. The van der Waals surface area contributed by atoms with Crippen LogP contribution in [-0.2, 0) is 6.54 Å². The maximum Gasteiger partial charge on any atom is 0.138 e. The van der Waals surface area contributed by atoms with Gasteiger partial charge >= 0.3 is 0 Å². The van der Waals surface area contributed by atoms with Crippen LogP contribution in [0.25, 0.3) is 0 Å². The van der Waals surface area contributed by atoms with E-state index in [1.165, 1.54) is 5.56 Å². The number of pyridine rings is 1. The Kier molecular flexibility index (Phi) is 5.23. The average Bonchev–Trinajstić information content (AvgIpc) is 2.61. The van der Waals surface area contributed by atoms with E-state index in [1.54, 1.807) is 6.20 Å². The minimum atomic E-state index is 0.681. The summed E-state index contributed by atoms with van der Waals surface area (Å²) in [6, 6.07) is 14.4. The number of anilines is 3. The molecule has 0 aliphatic heterocycles. The number of rotatable bonds is 6. The summed E-state index contributed by atoms with van der Waals surface area (Å²) in [7, 11) is 0. The van der Waals surface area contributed by atoms with E-state index in [9.17, 15) is 0 Å². The van der Waals surface area contributed by atoms with Crippen LogP contribution in [0, 0.1) is 13.8 Å². The largest absolute Gasteiger partial charge is 0.366 e. The summed E-state index contributed by atoms with van der Waals surface area (Å²) in [5.41, 5.74) is 3.49. The smallest absolute Gasteiger partial charge is 0.138 e. The average molecular weight is 333 g/mol. The molecule has 0 saturated heterocycles. The van der Waals surface area contributed by atoms with E-state index in [2.05, 4.69) is 63.3 Å². The van der Waals surface area contributed by atoms with E-state index in [0.29, 0.717) is 6.54 Å². The minimum Gasteiger partial charge on any atom is -0.366 e. The van der Waals surface area contributed by atoms with Crippen molar-refractivity contribution >= 4 is 17.3 Å². The van der Waals surface area contributed by atoms with Crippen molar-refractivity contribution in [2.24, 2.45) is 0 Å². The first kappa shape index (κ1) is 16.9. The van der Waals surface area contributed by atoms with Gasteiger partial charge in [0.05, 0.1) is 0 Å². The molecule has 0 spiro atoms. The third-order valence-corrected chi connectivity index (χ3v) is 3.93. The molecule has 3 aromatic rings. The van der Waals surface area contributed by atoms with Crippen LogP contribution in [-0.4, -0.2) is 21.5 Å². The molecule has 0 amide bonds. The van der Waals surface area contributed by atoms with Crippen LogP contribution in [0.2, 0.25) is 0 Å². The van der Waals surface area contributed by atoms with Gasteiger partial charge in [-0.15, -0.1) is 0 Å². The van der Waals surface area contributed by atoms with Crippen molar-refractivity contribution in [3.63, 3.8) is 0 Å². The minimum absolute atomic E-state index is 0.681. The van der Waals surface area contributed by atoms with E-state index in [1.807, 2.05) is 31.3 Å². The molecule has 0 saturated carbocycles. The SMILES string of the molecule is CCN(c1cccc(C)c1)c1cc(NCc2cccnc2)nc(C)n1. The van der Waals surface area contributed by atoms with E-state index < -0.39 is 0 Å². The predicted molar refractivity (Wildman–Crippen MR) is 102 cm³/mol. The molecule has 0 unspecified atom stereocenters. The summed E-state index contributed by atoms with van der Waals surface area (Å²) in [5, 5.41) is 3.37. The quantitative estimate of drug-likeness (QED) is 0.730. The van der Waals surface area contributed by atoms with Crippen molar-refractivity contribution in [1.82, 2.24) is 15.0 Å². The van der Waals surface area contributed by atoms with Crippen molar-refractivity contribution in [3.8, 4) is 0 Å². The topological polar surface area (TPSA) is 53.9 Å². The number of aromatic nitrogens is 3. The van der Waals surface area contributed by atoms with Gasteiger partial charge in [0.15, 0.2) is 0 Å². The molecule has 5 nitrogen and oxygen atoms in total. The number of hydrogen-bond acceptors (Lipinski definition) is 5. The van der Waals surface area contributed by atoms with Crippen molar-refractivity contribution in [2.45, 2.75) is 27.3 Å². The molecule has 2 aromatic heterocycles. The van der Waals surface area contributed by atoms with Crippen molar-refractivity contribution in [1.29, 1.82) is 0 Å². The Bertz CT molecular complexity index is 832. The molecule has 0 radical (unpaired) electrons. The first-order valence-corrected chi connectivity index (χ1v) is 8.48. The summed E-state index contributed by atoms with van der Waals surface area (Å²) in [6.45, 7) is 7.66. The Morgan fingerprint density at radius 3 is 2.64 bits per heavy atom. The lowest BCUT2D eigenvalue weighted by molar-refractivity contribution is 0.944. The lowest BCUT2D eigenvalue weighted by Crippen LogP contribution is -2.18. The van der Waals surface area contributed by atoms with Gasteiger partial charge in [0.25, 0.3) is 0 Å². The maximum absolute atomic E-state index is 4.63. The predicted octanol–water partition coefficient (Wildman–Crippen LogP) is 4.26. The van der Waals surface area contributed by atoms with Crippen LogP contribution < -0.4 is 10.2 Å². The summed E-state index contributed by atoms with van der Waals surface area (Å²) in [5.74, 6) is 2.46. The van der Waals surface area contributed by atoms with Gasteiger partial charge in [-0.1, -0.05) is 18.2 Å². The summed E-state index contributed by atoms with van der Waals surface area (Å²) in [6.07, 6.45) is 3.63.